The van der Waals surface area contributed by atoms with Crippen LogP contribution in [0.4, 0.5) is 0 Å². The fourth-order valence-electron chi connectivity index (χ4n) is 1.37. The Morgan fingerprint density at radius 3 is 1.94 bits per heavy atom. The smallest absolute Gasteiger partial charge is 0.278 e. The van der Waals surface area contributed by atoms with Crippen LogP contribution in [0.5, 0.6) is 0 Å². The van der Waals surface area contributed by atoms with Crippen molar-refractivity contribution in [3.8, 4) is 0 Å². The van der Waals surface area contributed by atoms with Gasteiger partial charge in [0.05, 0.1) is 13.2 Å². The lowest BCUT2D eigenvalue weighted by Gasteiger charge is -2.15. The summed E-state index contributed by atoms with van der Waals surface area (Å²) in [5, 5.41) is 0. The summed E-state index contributed by atoms with van der Waals surface area (Å²) in [4.78, 5) is 0. The van der Waals surface area contributed by atoms with Gasteiger partial charge < -0.3 is 9.47 Å². The lowest BCUT2D eigenvalue weighted by atomic mass is 10.2. The van der Waals surface area contributed by atoms with Gasteiger partial charge in [0.25, 0.3) is 5.95 Å². The molecule has 3 heteroatoms. The predicted molar refractivity (Wildman–Crippen MR) is 73.5 cm³/mol. The van der Waals surface area contributed by atoms with Crippen molar-refractivity contribution in [2.75, 3.05) is 13.2 Å². The fraction of sp³-hybridized carbons (Fsp3) is 0.846. The van der Waals surface area contributed by atoms with E-state index in [2.05, 4.69) is 33.9 Å². The zero-order chi connectivity index (χ0) is 12.4. The van der Waals surface area contributed by atoms with E-state index in [0.29, 0.717) is 0 Å². The molecule has 0 bridgehead atoms. The van der Waals surface area contributed by atoms with Crippen LogP contribution in [-0.4, -0.2) is 22.0 Å². The molecule has 0 aliphatic heterocycles. The minimum Gasteiger partial charge on any atom is -0.466 e. The molecule has 16 heavy (non-hydrogen) atoms. The summed E-state index contributed by atoms with van der Waals surface area (Å²) in [7, 11) is -0.509. The van der Waals surface area contributed by atoms with Crippen molar-refractivity contribution in [1.29, 1.82) is 0 Å². The second-order valence-electron chi connectivity index (χ2n) is 4.48. The lowest BCUT2D eigenvalue weighted by molar-refractivity contribution is 0.0357. The first-order chi connectivity index (χ1) is 7.65. The van der Waals surface area contributed by atoms with Crippen molar-refractivity contribution < 1.29 is 9.47 Å². The molecule has 0 aromatic carbocycles. The second kappa shape index (κ2) is 9.76. The van der Waals surface area contributed by atoms with E-state index in [4.69, 9.17) is 9.47 Å². The highest BCUT2D eigenvalue weighted by molar-refractivity contribution is 6.55. The number of hydrogen-bond acceptors (Lipinski definition) is 2. The van der Waals surface area contributed by atoms with Crippen molar-refractivity contribution in [2.24, 2.45) is 0 Å². The van der Waals surface area contributed by atoms with Crippen LogP contribution in [0.25, 0.3) is 0 Å². The van der Waals surface area contributed by atoms with Gasteiger partial charge in [-0.1, -0.05) is 33.9 Å². The summed E-state index contributed by atoms with van der Waals surface area (Å²) in [5.41, 5.74) is 1.30. The van der Waals surface area contributed by atoms with Gasteiger partial charge >= 0.3 is 0 Å². The Hall–Kier alpha value is -0.443. The van der Waals surface area contributed by atoms with Crippen LogP contribution >= 0.6 is 0 Å². The van der Waals surface area contributed by atoms with E-state index in [0.717, 1.165) is 38.4 Å². The van der Waals surface area contributed by atoms with Gasteiger partial charge in [0, 0.05) is 14.4 Å². The average molecular weight is 244 g/mol. The summed E-state index contributed by atoms with van der Waals surface area (Å²) in [5.74, 6) is 0.807. The van der Waals surface area contributed by atoms with Crippen LogP contribution in [0.1, 0.15) is 40.0 Å². The SMILES string of the molecule is CCCOC(OCC[SiH](C)C)=C(CC)CC. The Labute approximate surface area is 103 Å². The van der Waals surface area contributed by atoms with E-state index in [-0.39, 0.29) is 0 Å². The molecule has 0 saturated carbocycles. The largest absolute Gasteiger partial charge is 0.466 e. The molecule has 0 aromatic heterocycles. The molecular formula is C13H28O2Si. The Kier molecular flexibility index (Phi) is 9.49. The van der Waals surface area contributed by atoms with E-state index >= 15 is 0 Å². The van der Waals surface area contributed by atoms with Gasteiger partial charge in [-0.2, -0.15) is 0 Å². The summed E-state index contributed by atoms with van der Waals surface area (Å²) in [6.45, 7) is 12.7. The molecular weight excluding hydrogens is 216 g/mol. The summed E-state index contributed by atoms with van der Waals surface area (Å²) < 4.78 is 11.5. The van der Waals surface area contributed by atoms with Crippen molar-refractivity contribution in [2.45, 2.75) is 59.2 Å². The predicted octanol–water partition coefficient (Wildman–Crippen LogP) is 3.95. The minimum atomic E-state index is -0.509. The van der Waals surface area contributed by atoms with E-state index in [9.17, 15) is 0 Å². The monoisotopic (exact) mass is 244 g/mol. The maximum Gasteiger partial charge on any atom is 0.278 e. The number of ether oxygens (including phenoxy) is 2. The van der Waals surface area contributed by atoms with Gasteiger partial charge in [-0.3, -0.25) is 0 Å². The van der Waals surface area contributed by atoms with Crippen LogP contribution in [0.2, 0.25) is 19.1 Å². The van der Waals surface area contributed by atoms with Crippen LogP contribution in [-0.2, 0) is 9.47 Å². The fourth-order valence-corrected chi connectivity index (χ4v) is 1.96. The van der Waals surface area contributed by atoms with Crippen molar-refractivity contribution in [1.82, 2.24) is 0 Å². The Morgan fingerprint density at radius 1 is 0.938 bits per heavy atom. The van der Waals surface area contributed by atoms with Crippen molar-refractivity contribution in [3.63, 3.8) is 0 Å². The van der Waals surface area contributed by atoms with Gasteiger partial charge in [0.15, 0.2) is 0 Å². The quantitative estimate of drug-likeness (QED) is 0.452. The third-order valence-corrected chi connectivity index (χ3v) is 3.90. The highest BCUT2D eigenvalue weighted by Gasteiger charge is 2.07. The van der Waals surface area contributed by atoms with Gasteiger partial charge in [0.2, 0.25) is 0 Å². The third-order valence-electron chi connectivity index (χ3n) is 2.51. The zero-order valence-electron chi connectivity index (χ0n) is 11.6. The van der Waals surface area contributed by atoms with Crippen molar-refractivity contribution in [3.05, 3.63) is 11.5 Å². The first-order valence-corrected chi connectivity index (χ1v) is 9.75. The molecule has 0 rings (SSSR count). The normalized spacial score (nSPS) is 10.4. The molecule has 0 amide bonds. The topological polar surface area (TPSA) is 18.5 Å². The van der Waals surface area contributed by atoms with Crippen LogP contribution < -0.4 is 0 Å². The first kappa shape index (κ1) is 15.6. The molecule has 96 valence electrons. The Morgan fingerprint density at radius 2 is 1.50 bits per heavy atom. The standard InChI is InChI=1S/C13H28O2Si/c1-6-9-14-13(12(7-2)8-3)15-10-11-16(4)5/h16H,6-11H2,1-5H3. The van der Waals surface area contributed by atoms with E-state index in [1.54, 1.807) is 0 Å². The highest BCUT2D eigenvalue weighted by atomic mass is 28.3. The van der Waals surface area contributed by atoms with Crippen LogP contribution in [0, 0.1) is 0 Å². The lowest BCUT2D eigenvalue weighted by Crippen LogP contribution is -2.09. The maximum absolute atomic E-state index is 5.79. The maximum atomic E-state index is 5.79. The summed E-state index contributed by atoms with van der Waals surface area (Å²) in [6, 6.07) is 1.22. The van der Waals surface area contributed by atoms with E-state index in [1.807, 2.05) is 0 Å². The molecule has 0 N–H and O–H groups in total. The molecule has 0 aliphatic rings. The van der Waals surface area contributed by atoms with Crippen LogP contribution in [0.15, 0.2) is 11.5 Å². The molecule has 0 atom stereocenters. The zero-order valence-corrected chi connectivity index (χ0v) is 12.8. The highest BCUT2D eigenvalue weighted by Crippen LogP contribution is 2.16. The molecule has 0 heterocycles. The van der Waals surface area contributed by atoms with Gasteiger partial charge in [-0.05, 0) is 25.3 Å². The number of rotatable bonds is 9. The molecule has 2 nitrogen and oxygen atoms in total. The molecule has 0 saturated heterocycles. The molecule has 0 fully saturated rings. The van der Waals surface area contributed by atoms with Crippen LogP contribution in [0.3, 0.4) is 0 Å². The molecule has 0 radical (unpaired) electrons. The first-order valence-electron chi connectivity index (χ1n) is 6.63. The number of allylic oxidation sites excluding steroid dienone is 1. The van der Waals surface area contributed by atoms with Gasteiger partial charge in [-0.15, -0.1) is 0 Å². The average Bonchev–Trinajstić information content (AvgIpc) is 2.26. The van der Waals surface area contributed by atoms with Crippen molar-refractivity contribution >= 4 is 8.80 Å². The molecule has 0 aliphatic carbocycles. The Bertz CT molecular complexity index is 194. The second-order valence-corrected chi connectivity index (χ2v) is 7.84. The molecule has 0 spiro atoms. The third kappa shape index (κ3) is 6.93. The summed E-state index contributed by atoms with van der Waals surface area (Å²) in [6.07, 6.45) is 3.08. The minimum absolute atomic E-state index is 0.509. The molecule has 0 unspecified atom stereocenters. The summed E-state index contributed by atoms with van der Waals surface area (Å²) >= 11 is 0. The van der Waals surface area contributed by atoms with Gasteiger partial charge in [0.1, 0.15) is 0 Å². The Balaban J connectivity index is 4.24. The van der Waals surface area contributed by atoms with E-state index < -0.39 is 8.80 Å². The number of hydrogen-bond donors (Lipinski definition) is 0. The molecule has 0 aromatic rings. The van der Waals surface area contributed by atoms with Gasteiger partial charge in [-0.25, -0.2) is 0 Å². The van der Waals surface area contributed by atoms with E-state index in [1.165, 1.54) is 11.6 Å².